The van der Waals surface area contributed by atoms with Crippen LogP contribution in [0.5, 0.6) is 0 Å². The van der Waals surface area contributed by atoms with Crippen molar-refractivity contribution >= 4 is 25.2 Å². The predicted octanol–water partition coefficient (Wildman–Crippen LogP) is 1.87. The van der Waals surface area contributed by atoms with Gasteiger partial charge in [0.15, 0.2) is 11.8 Å². The second-order valence-corrected chi connectivity index (χ2v) is 4.46. The van der Waals surface area contributed by atoms with Gasteiger partial charge in [-0.1, -0.05) is 30.1 Å². The number of hydroxylamine groups is 1. The number of benzene rings is 1. The SMILES string of the molecule is [3H][B]SOCC(C)(C)/[N+]([O-])=C/c1ccccc1. The number of nitrogens with zero attached hydrogens (tertiary/aromatic N) is 1. The van der Waals surface area contributed by atoms with E-state index in [4.69, 9.17) is 5.52 Å². The molecule has 0 spiro atoms. The van der Waals surface area contributed by atoms with Crippen LogP contribution in [0.4, 0.5) is 0 Å². The fourth-order valence-corrected chi connectivity index (χ4v) is 1.45. The molecule has 1 rings (SSSR count). The summed E-state index contributed by atoms with van der Waals surface area (Å²) < 4.78 is 12.8. The number of hydrogen-bond donors (Lipinski definition) is 0. The molecule has 0 aromatic heterocycles. The standard InChI is InChI=1S/C11H15BNO2S/c1-11(2,9-15-16-12)13(14)8-10-6-4-3-5-7-10/h3-8,12H,9H2,1-2H3/b13-8-/i12T. The summed E-state index contributed by atoms with van der Waals surface area (Å²) in [5.74, 6) is 0. The van der Waals surface area contributed by atoms with Crippen molar-refractivity contribution in [2.45, 2.75) is 19.4 Å². The zero-order valence-electron chi connectivity index (χ0n) is 10.4. The quantitative estimate of drug-likeness (QED) is 0.144. The van der Waals surface area contributed by atoms with Crippen molar-refractivity contribution < 1.29 is 8.92 Å². The van der Waals surface area contributed by atoms with E-state index in [0.717, 1.165) is 29.3 Å². The Balaban J connectivity index is 2.67. The molecule has 0 unspecified atom stereocenters. The molecule has 85 valence electrons. The maximum atomic E-state index is 11.9. The molecule has 0 fully saturated rings. The lowest BCUT2D eigenvalue weighted by Crippen LogP contribution is -2.37. The van der Waals surface area contributed by atoms with E-state index in [1.54, 1.807) is 20.1 Å². The third-order valence-electron chi connectivity index (χ3n) is 2.14. The fourth-order valence-electron chi connectivity index (χ4n) is 1.09. The first-order valence-corrected chi connectivity index (χ1v) is 5.71. The Kier molecular flexibility index (Phi) is 4.30. The highest BCUT2D eigenvalue weighted by molar-refractivity contribution is 8.15. The Morgan fingerprint density at radius 1 is 1.56 bits per heavy atom. The van der Waals surface area contributed by atoms with Gasteiger partial charge in [-0.05, 0) is 13.5 Å². The van der Waals surface area contributed by atoms with E-state index in [0.29, 0.717) is 0 Å². The highest BCUT2D eigenvalue weighted by atomic mass is 32.2. The summed E-state index contributed by atoms with van der Waals surface area (Å²) in [5.41, 5.74) is 0.196. The van der Waals surface area contributed by atoms with Crippen LogP contribution in [-0.4, -0.2) is 31.5 Å². The van der Waals surface area contributed by atoms with Crippen molar-refractivity contribution in [2.24, 2.45) is 0 Å². The molecule has 0 bridgehead atoms. The van der Waals surface area contributed by atoms with E-state index in [-0.39, 0.29) is 6.61 Å². The van der Waals surface area contributed by atoms with Gasteiger partial charge >= 0.3 is 0 Å². The van der Waals surface area contributed by atoms with Crippen molar-refractivity contribution in [2.75, 3.05) is 6.61 Å². The van der Waals surface area contributed by atoms with E-state index >= 15 is 0 Å². The van der Waals surface area contributed by atoms with Crippen LogP contribution < -0.4 is 0 Å². The number of hydrogen-bond acceptors (Lipinski definition) is 3. The van der Waals surface area contributed by atoms with E-state index in [1.165, 1.54) is 0 Å². The van der Waals surface area contributed by atoms with Gasteiger partial charge in [0.1, 0.15) is 6.61 Å². The second-order valence-electron chi connectivity index (χ2n) is 4.04. The second kappa shape index (κ2) is 5.96. The summed E-state index contributed by atoms with van der Waals surface area (Å²) >= 11 is 0.921. The zero-order chi connectivity index (χ0) is 12.7. The van der Waals surface area contributed by atoms with Gasteiger partial charge in [-0.15, -0.1) is 0 Å². The molecule has 16 heavy (non-hydrogen) atoms. The minimum atomic E-state index is -0.661. The van der Waals surface area contributed by atoms with Gasteiger partial charge in [0.25, 0.3) is 0 Å². The first-order valence-electron chi connectivity index (χ1n) is 5.49. The Labute approximate surface area is 103 Å². The van der Waals surface area contributed by atoms with E-state index < -0.39 is 5.54 Å². The summed E-state index contributed by atoms with van der Waals surface area (Å²) in [4.78, 5) is 0. The minimum Gasteiger partial charge on any atom is -0.623 e. The molecule has 1 aromatic carbocycles. The Morgan fingerprint density at radius 2 is 2.25 bits per heavy atom. The normalized spacial score (nSPS) is 13.4. The van der Waals surface area contributed by atoms with Gasteiger partial charge in [-0.3, -0.25) is 0 Å². The molecule has 5 heteroatoms. The van der Waals surface area contributed by atoms with E-state index in [9.17, 15) is 5.21 Å². The van der Waals surface area contributed by atoms with Crippen LogP contribution in [0.2, 0.25) is 0 Å². The molecule has 0 aliphatic rings. The monoisotopic (exact) mass is 238 g/mol. The summed E-state index contributed by atoms with van der Waals surface area (Å²) in [6, 6.07) is 9.41. The van der Waals surface area contributed by atoms with Gasteiger partial charge in [-0.25, -0.2) is 4.74 Å². The maximum absolute atomic E-state index is 11.9. The first kappa shape index (κ1) is 11.5. The van der Waals surface area contributed by atoms with Gasteiger partial charge in [-0.2, -0.15) is 0 Å². The van der Waals surface area contributed by atoms with Crippen LogP contribution >= 0.6 is 11.9 Å². The van der Waals surface area contributed by atoms with Crippen molar-refractivity contribution in [3.8, 4) is 0 Å². The summed E-state index contributed by atoms with van der Waals surface area (Å²) in [7, 11) is 1.09. The molecule has 0 aliphatic heterocycles. The Hall–Kier alpha value is -0.935. The Bertz CT molecular complexity index is 373. The third kappa shape index (κ3) is 3.91. The van der Waals surface area contributed by atoms with Crippen LogP contribution in [0.3, 0.4) is 0 Å². The van der Waals surface area contributed by atoms with Gasteiger partial charge in [0.2, 0.25) is 7.09 Å². The topological polar surface area (TPSA) is 35.3 Å². The lowest BCUT2D eigenvalue weighted by atomic mass is 10.1. The molecule has 0 saturated heterocycles. The lowest BCUT2D eigenvalue weighted by Gasteiger charge is -2.23. The molecule has 0 saturated carbocycles. The van der Waals surface area contributed by atoms with Crippen molar-refractivity contribution in [3.05, 3.63) is 41.1 Å². The Morgan fingerprint density at radius 3 is 2.88 bits per heavy atom. The van der Waals surface area contributed by atoms with Gasteiger partial charge in [0, 0.05) is 19.4 Å². The molecular formula is C11H15BNO2S. The maximum Gasteiger partial charge on any atom is 0.209 e. The van der Waals surface area contributed by atoms with Crippen LogP contribution in [0.25, 0.3) is 0 Å². The first-order chi connectivity index (χ1) is 8.06. The van der Waals surface area contributed by atoms with Crippen molar-refractivity contribution in [1.82, 2.24) is 0 Å². The molecule has 1 radical (unpaired) electrons. The molecular weight excluding hydrogens is 221 g/mol. The minimum absolute atomic E-state index is 0.250. The highest BCUT2D eigenvalue weighted by Gasteiger charge is 2.26. The molecule has 3 nitrogen and oxygen atoms in total. The summed E-state index contributed by atoms with van der Waals surface area (Å²) in [5, 5.41) is 11.9. The average Bonchev–Trinajstić information content (AvgIpc) is 2.30. The molecule has 0 N–H and O–H groups in total. The van der Waals surface area contributed by atoms with E-state index in [2.05, 4.69) is 0 Å². The molecule has 0 heterocycles. The average molecular weight is 238 g/mol. The number of rotatable bonds is 6. The van der Waals surface area contributed by atoms with Crippen molar-refractivity contribution in [1.29, 1.82) is 1.34 Å². The summed E-state index contributed by atoms with van der Waals surface area (Å²) in [6.45, 7) is 3.84. The molecule has 0 aliphatic carbocycles. The van der Waals surface area contributed by atoms with Gasteiger partial charge in [0.05, 0.1) is 0 Å². The largest absolute Gasteiger partial charge is 0.623 e. The molecule has 0 atom stereocenters. The smallest absolute Gasteiger partial charge is 0.209 e. The highest BCUT2D eigenvalue weighted by Crippen LogP contribution is 2.11. The lowest BCUT2D eigenvalue weighted by molar-refractivity contribution is -0.538. The van der Waals surface area contributed by atoms with Crippen LogP contribution in [0, 0.1) is 5.21 Å². The van der Waals surface area contributed by atoms with Crippen LogP contribution in [0.15, 0.2) is 30.3 Å². The van der Waals surface area contributed by atoms with Crippen LogP contribution in [0.1, 0.15) is 19.4 Å². The van der Waals surface area contributed by atoms with Crippen LogP contribution in [-0.2, 0) is 4.18 Å². The van der Waals surface area contributed by atoms with Crippen molar-refractivity contribution in [3.63, 3.8) is 0 Å². The van der Waals surface area contributed by atoms with Gasteiger partial charge < -0.3 is 9.39 Å². The molecule has 1 aromatic rings. The molecule has 0 amide bonds. The fraction of sp³-hybridized carbons (Fsp3) is 0.364. The van der Waals surface area contributed by atoms with E-state index in [1.807, 2.05) is 30.3 Å². The predicted molar refractivity (Wildman–Crippen MR) is 70.0 cm³/mol. The zero-order valence-corrected chi connectivity index (χ0v) is 10.2. The third-order valence-corrected chi connectivity index (χ3v) is 2.40. The summed E-state index contributed by atoms with van der Waals surface area (Å²) in [6.07, 6.45) is 1.54.